The first-order chi connectivity index (χ1) is 7.41. The maximum atomic E-state index is 11.2. The third-order valence-electron chi connectivity index (χ3n) is 4.13. The molecule has 1 saturated carbocycles. The first-order valence-electron chi connectivity index (χ1n) is 5.99. The van der Waals surface area contributed by atoms with Gasteiger partial charge in [0.15, 0.2) is 0 Å². The Morgan fingerprint density at radius 3 is 2.88 bits per heavy atom. The van der Waals surface area contributed by atoms with Crippen LogP contribution in [0.2, 0.25) is 0 Å². The lowest BCUT2D eigenvalue weighted by molar-refractivity contribution is -0.170. The Bertz CT molecular complexity index is 334. The second-order valence-corrected chi connectivity index (χ2v) is 5.39. The van der Waals surface area contributed by atoms with Gasteiger partial charge in [0, 0.05) is 18.8 Å². The zero-order valence-electron chi connectivity index (χ0n) is 10.2. The van der Waals surface area contributed by atoms with Gasteiger partial charge in [-0.25, -0.2) is 0 Å². The van der Waals surface area contributed by atoms with E-state index in [0.29, 0.717) is 0 Å². The highest BCUT2D eigenvalue weighted by Crippen LogP contribution is 2.46. The standard InChI is InChI=1S/C13H20O3/c1-8-4-10-5-11(7-12(15)6-10)13(8,3)16-9(2)14/h4,8,11-12,15H,5-7H2,1-3H3. The van der Waals surface area contributed by atoms with Crippen LogP contribution in [0.1, 0.15) is 40.0 Å². The fourth-order valence-electron chi connectivity index (χ4n) is 3.15. The molecule has 2 aliphatic rings. The summed E-state index contributed by atoms with van der Waals surface area (Å²) in [5.41, 5.74) is 0.873. The minimum Gasteiger partial charge on any atom is -0.459 e. The van der Waals surface area contributed by atoms with Crippen molar-refractivity contribution in [2.75, 3.05) is 0 Å². The lowest BCUT2D eigenvalue weighted by Crippen LogP contribution is -2.49. The lowest BCUT2D eigenvalue weighted by Gasteiger charge is -2.47. The topological polar surface area (TPSA) is 46.5 Å². The monoisotopic (exact) mass is 224 g/mol. The van der Waals surface area contributed by atoms with Gasteiger partial charge in [0.2, 0.25) is 0 Å². The number of ether oxygens (including phenoxy) is 1. The highest BCUT2D eigenvalue weighted by Gasteiger charge is 2.47. The summed E-state index contributed by atoms with van der Waals surface area (Å²) in [6.07, 6.45) is 4.39. The quantitative estimate of drug-likeness (QED) is 0.547. The number of aliphatic hydroxyl groups excluding tert-OH is 1. The van der Waals surface area contributed by atoms with Crippen molar-refractivity contribution < 1.29 is 14.6 Å². The Balaban J connectivity index is 2.28. The second kappa shape index (κ2) is 3.88. The normalized spacial score (nSPS) is 42.5. The van der Waals surface area contributed by atoms with Crippen LogP contribution in [-0.4, -0.2) is 22.8 Å². The van der Waals surface area contributed by atoms with E-state index < -0.39 is 5.60 Å². The van der Waals surface area contributed by atoms with Gasteiger partial charge in [0.25, 0.3) is 0 Å². The Morgan fingerprint density at radius 1 is 1.56 bits per heavy atom. The molecule has 2 rings (SSSR count). The molecule has 0 aromatic rings. The van der Waals surface area contributed by atoms with E-state index in [1.54, 1.807) is 0 Å². The van der Waals surface area contributed by atoms with E-state index in [9.17, 15) is 9.90 Å². The molecule has 3 nitrogen and oxygen atoms in total. The van der Waals surface area contributed by atoms with Crippen molar-refractivity contribution in [1.29, 1.82) is 0 Å². The molecule has 4 unspecified atom stereocenters. The molecule has 4 atom stereocenters. The Kier molecular flexibility index (Phi) is 2.82. The molecule has 0 heterocycles. The van der Waals surface area contributed by atoms with Crippen molar-refractivity contribution in [2.45, 2.75) is 51.7 Å². The van der Waals surface area contributed by atoms with Crippen LogP contribution < -0.4 is 0 Å². The van der Waals surface area contributed by atoms with E-state index in [1.807, 2.05) is 6.92 Å². The summed E-state index contributed by atoms with van der Waals surface area (Å²) in [5.74, 6) is 0.263. The van der Waals surface area contributed by atoms with Gasteiger partial charge in [-0.3, -0.25) is 4.79 Å². The number of rotatable bonds is 1. The molecule has 0 aromatic heterocycles. The largest absolute Gasteiger partial charge is 0.459 e. The van der Waals surface area contributed by atoms with Crippen molar-refractivity contribution in [3.05, 3.63) is 11.6 Å². The zero-order valence-corrected chi connectivity index (χ0v) is 10.2. The molecule has 0 saturated heterocycles. The molecule has 16 heavy (non-hydrogen) atoms. The maximum Gasteiger partial charge on any atom is 0.303 e. The fourth-order valence-corrected chi connectivity index (χ4v) is 3.15. The van der Waals surface area contributed by atoms with Gasteiger partial charge in [-0.15, -0.1) is 0 Å². The highest BCUT2D eigenvalue weighted by molar-refractivity contribution is 5.66. The number of aliphatic hydroxyl groups is 1. The summed E-state index contributed by atoms with van der Waals surface area (Å²) in [4.78, 5) is 11.2. The first kappa shape index (κ1) is 11.6. The van der Waals surface area contributed by atoms with E-state index in [0.717, 1.165) is 19.3 Å². The van der Waals surface area contributed by atoms with E-state index in [2.05, 4.69) is 13.0 Å². The molecule has 0 radical (unpaired) electrons. The van der Waals surface area contributed by atoms with Crippen LogP contribution in [0, 0.1) is 11.8 Å². The molecule has 0 spiro atoms. The summed E-state index contributed by atoms with van der Waals surface area (Å²) in [6, 6.07) is 0. The van der Waals surface area contributed by atoms with Crippen molar-refractivity contribution in [2.24, 2.45) is 11.8 Å². The fraction of sp³-hybridized carbons (Fsp3) is 0.769. The molecule has 90 valence electrons. The van der Waals surface area contributed by atoms with E-state index in [4.69, 9.17) is 4.74 Å². The number of fused-ring (bicyclic) bond motifs is 2. The summed E-state index contributed by atoms with van der Waals surface area (Å²) >= 11 is 0. The zero-order chi connectivity index (χ0) is 11.9. The van der Waals surface area contributed by atoms with E-state index in [1.165, 1.54) is 12.5 Å². The van der Waals surface area contributed by atoms with Crippen LogP contribution in [0.4, 0.5) is 0 Å². The van der Waals surface area contributed by atoms with Crippen LogP contribution in [-0.2, 0) is 9.53 Å². The third kappa shape index (κ3) is 1.88. The molecule has 0 aliphatic heterocycles. The highest BCUT2D eigenvalue weighted by atomic mass is 16.6. The predicted molar refractivity (Wildman–Crippen MR) is 60.8 cm³/mol. The van der Waals surface area contributed by atoms with Crippen LogP contribution >= 0.6 is 0 Å². The van der Waals surface area contributed by atoms with Gasteiger partial charge in [-0.1, -0.05) is 18.6 Å². The Labute approximate surface area is 96.5 Å². The van der Waals surface area contributed by atoms with Crippen LogP contribution in [0.5, 0.6) is 0 Å². The molecule has 2 bridgehead atoms. The molecule has 1 fully saturated rings. The molecule has 0 aromatic carbocycles. The smallest absolute Gasteiger partial charge is 0.303 e. The number of carbonyl (C=O) groups excluding carboxylic acids is 1. The molecule has 3 heteroatoms. The lowest BCUT2D eigenvalue weighted by atomic mass is 9.65. The number of hydrogen-bond acceptors (Lipinski definition) is 3. The minimum absolute atomic E-state index is 0.230. The Hall–Kier alpha value is -0.830. The second-order valence-electron chi connectivity index (χ2n) is 5.39. The molecular weight excluding hydrogens is 204 g/mol. The van der Waals surface area contributed by atoms with Crippen LogP contribution in [0.25, 0.3) is 0 Å². The minimum atomic E-state index is -0.448. The van der Waals surface area contributed by atoms with Crippen LogP contribution in [0.15, 0.2) is 11.6 Å². The third-order valence-corrected chi connectivity index (χ3v) is 4.13. The summed E-state index contributed by atoms with van der Waals surface area (Å²) in [6.45, 7) is 5.54. The number of esters is 1. The summed E-state index contributed by atoms with van der Waals surface area (Å²) < 4.78 is 5.53. The van der Waals surface area contributed by atoms with Crippen molar-refractivity contribution >= 4 is 5.97 Å². The molecular formula is C13H20O3. The van der Waals surface area contributed by atoms with Gasteiger partial charge in [0.1, 0.15) is 5.60 Å². The molecule has 0 amide bonds. The van der Waals surface area contributed by atoms with Gasteiger partial charge in [0.05, 0.1) is 6.10 Å². The predicted octanol–water partition coefficient (Wildman–Crippen LogP) is 2.05. The number of carbonyl (C=O) groups is 1. The van der Waals surface area contributed by atoms with Gasteiger partial charge in [-0.05, 0) is 26.2 Å². The average molecular weight is 224 g/mol. The SMILES string of the molecule is CC(=O)OC1(C)C(C)C=C2CC(O)CC1C2. The van der Waals surface area contributed by atoms with Gasteiger partial charge < -0.3 is 9.84 Å². The summed E-state index contributed by atoms with van der Waals surface area (Å²) in [5, 5.41) is 9.79. The molecule has 2 aliphatic carbocycles. The Morgan fingerprint density at radius 2 is 2.25 bits per heavy atom. The van der Waals surface area contributed by atoms with Crippen molar-refractivity contribution in [1.82, 2.24) is 0 Å². The first-order valence-corrected chi connectivity index (χ1v) is 5.99. The van der Waals surface area contributed by atoms with Crippen molar-refractivity contribution in [3.63, 3.8) is 0 Å². The number of hydrogen-bond donors (Lipinski definition) is 1. The van der Waals surface area contributed by atoms with E-state index >= 15 is 0 Å². The van der Waals surface area contributed by atoms with Gasteiger partial charge >= 0.3 is 5.97 Å². The van der Waals surface area contributed by atoms with Gasteiger partial charge in [-0.2, -0.15) is 0 Å². The van der Waals surface area contributed by atoms with Crippen molar-refractivity contribution in [3.8, 4) is 0 Å². The maximum absolute atomic E-state index is 11.2. The van der Waals surface area contributed by atoms with E-state index in [-0.39, 0.29) is 23.9 Å². The molecule has 1 N–H and O–H groups in total. The average Bonchev–Trinajstić information content (AvgIpc) is 2.13. The summed E-state index contributed by atoms with van der Waals surface area (Å²) in [7, 11) is 0. The van der Waals surface area contributed by atoms with Crippen LogP contribution in [0.3, 0.4) is 0 Å².